The van der Waals surface area contributed by atoms with E-state index in [1.54, 1.807) is 25.1 Å². The summed E-state index contributed by atoms with van der Waals surface area (Å²) < 4.78 is 5.22. The summed E-state index contributed by atoms with van der Waals surface area (Å²) in [5.74, 6) is -1.10. The van der Waals surface area contributed by atoms with Crippen LogP contribution in [0.1, 0.15) is 38.2 Å². The van der Waals surface area contributed by atoms with Crippen LogP contribution in [0.4, 0.5) is 0 Å². The summed E-state index contributed by atoms with van der Waals surface area (Å²) in [7, 11) is 0. The zero-order valence-corrected chi connectivity index (χ0v) is 13.8. The standard InChI is InChI=1S/C19H21NO4/c1-3-24-19(23)16-11(2)20-14-8-5-9-15(22)18(14)17(16)12-6-4-7-13(21)10-12/h4,6-8,10,17-18,20-21H,3,5,9H2,1-2H3. The largest absolute Gasteiger partial charge is 0.508 e. The molecule has 0 fully saturated rings. The van der Waals surface area contributed by atoms with E-state index >= 15 is 0 Å². The molecule has 126 valence electrons. The number of hydrogen-bond donors (Lipinski definition) is 2. The second-order valence-electron chi connectivity index (χ2n) is 6.10. The highest BCUT2D eigenvalue weighted by Crippen LogP contribution is 2.44. The van der Waals surface area contributed by atoms with Crippen molar-refractivity contribution in [3.05, 3.63) is 52.9 Å². The highest BCUT2D eigenvalue weighted by molar-refractivity contribution is 5.96. The molecule has 1 aromatic carbocycles. The van der Waals surface area contributed by atoms with Crippen molar-refractivity contribution in [1.29, 1.82) is 0 Å². The number of allylic oxidation sites excluding steroid dienone is 3. The molecule has 2 aliphatic rings. The summed E-state index contributed by atoms with van der Waals surface area (Å²) in [4.78, 5) is 25.2. The fourth-order valence-corrected chi connectivity index (χ4v) is 3.57. The van der Waals surface area contributed by atoms with Gasteiger partial charge in [-0.3, -0.25) is 4.79 Å². The normalized spacial score (nSPS) is 23.2. The second-order valence-corrected chi connectivity index (χ2v) is 6.10. The van der Waals surface area contributed by atoms with Crippen LogP contribution < -0.4 is 5.32 Å². The third kappa shape index (κ3) is 2.82. The van der Waals surface area contributed by atoms with Gasteiger partial charge in [0.1, 0.15) is 11.5 Å². The van der Waals surface area contributed by atoms with E-state index < -0.39 is 17.8 Å². The quantitative estimate of drug-likeness (QED) is 0.835. The lowest BCUT2D eigenvalue weighted by Gasteiger charge is -2.37. The molecule has 1 aliphatic heterocycles. The van der Waals surface area contributed by atoms with Gasteiger partial charge in [-0.25, -0.2) is 4.79 Å². The third-order valence-electron chi connectivity index (χ3n) is 4.54. The molecule has 5 heteroatoms. The summed E-state index contributed by atoms with van der Waals surface area (Å²) in [5, 5.41) is 13.1. The van der Waals surface area contributed by atoms with Crippen LogP contribution >= 0.6 is 0 Å². The Morgan fingerprint density at radius 2 is 2.17 bits per heavy atom. The maximum atomic E-state index is 12.6. The smallest absolute Gasteiger partial charge is 0.336 e. The van der Waals surface area contributed by atoms with Gasteiger partial charge in [0, 0.05) is 23.7 Å². The lowest BCUT2D eigenvalue weighted by atomic mass is 9.71. The average Bonchev–Trinajstić information content (AvgIpc) is 2.54. The first-order valence-electron chi connectivity index (χ1n) is 8.19. The number of rotatable bonds is 3. The molecule has 2 N–H and O–H groups in total. The minimum absolute atomic E-state index is 0.0997. The molecular formula is C19H21NO4. The van der Waals surface area contributed by atoms with Crippen LogP contribution in [0.25, 0.3) is 0 Å². The molecule has 0 radical (unpaired) electrons. The van der Waals surface area contributed by atoms with Crippen molar-refractivity contribution >= 4 is 11.8 Å². The topological polar surface area (TPSA) is 75.6 Å². The minimum atomic E-state index is -0.448. The van der Waals surface area contributed by atoms with Crippen LogP contribution in [-0.2, 0) is 14.3 Å². The number of fused-ring (bicyclic) bond motifs is 1. The third-order valence-corrected chi connectivity index (χ3v) is 4.54. The maximum absolute atomic E-state index is 12.6. The first-order chi connectivity index (χ1) is 11.5. The van der Waals surface area contributed by atoms with Crippen molar-refractivity contribution in [1.82, 2.24) is 5.32 Å². The Kier molecular flexibility index (Phi) is 4.42. The molecular weight excluding hydrogens is 306 g/mol. The Hall–Kier alpha value is -2.56. The molecule has 2 unspecified atom stereocenters. The number of phenolic OH excluding ortho intramolecular Hbond substituents is 1. The van der Waals surface area contributed by atoms with E-state index in [9.17, 15) is 14.7 Å². The molecule has 0 aromatic heterocycles. The highest BCUT2D eigenvalue weighted by Gasteiger charge is 2.43. The van der Waals surface area contributed by atoms with Crippen LogP contribution in [0.2, 0.25) is 0 Å². The molecule has 0 saturated carbocycles. The Bertz CT molecular complexity index is 747. The van der Waals surface area contributed by atoms with Crippen molar-refractivity contribution in [2.45, 2.75) is 32.6 Å². The Morgan fingerprint density at radius 1 is 1.38 bits per heavy atom. The number of aromatic hydroxyl groups is 1. The number of hydrogen-bond acceptors (Lipinski definition) is 5. The van der Waals surface area contributed by atoms with Crippen molar-refractivity contribution in [3.8, 4) is 5.75 Å². The Morgan fingerprint density at radius 3 is 2.88 bits per heavy atom. The van der Waals surface area contributed by atoms with Gasteiger partial charge in [0.05, 0.1) is 18.1 Å². The predicted molar refractivity (Wildman–Crippen MR) is 89.1 cm³/mol. The molecule has 3 rings (SSSR count). The maximum Gasteiger partial charge on any atom is 0.336 e. The van der Waals surface area contributed by atoms with E-state index in [0.717, 1.165) is 11.3 Å². The van der Waals surface area contributed by atoms with Crippen LogP contribution in [0.5, 0.6) is 5.75 Å². The number of phenols is 1. The van der Waals surface area contributed by atoms with Crippen molar-refractivity contribution in [3.63, 3.8) is 0 Å². The fraction of sp³-hybridized carbons (Fsp3) is 0.368. The minimum Gasteiger partial charge on any atom is -0.508 e. The lowest BCUT2D eigenvalue weighted by molar-refractivity contribution is -0.139. The summed E-state index contributed by atoms with van der Waals surface area (Å²) in [6, 6.07) is 6.75. The van der Waals surface area contributed by atoms with E-state index in [-0.39, 0.29) is 18.1 Å². The van der Waals surface area contributed by atoms with E-state index in [4.69, 9.17) is 4.74 Å². The molecule has 1 aliphatic carbocycles. The molecule has 1 aromatic rings. The van der Waals surface area contributed by atoms with Gasteiger partial charge in [-0.1, -0.05) is 18.2 Å². The first kappa shape index (κ1) is 16.3. The number of nitrogens with one attached hydrogen (secondary N) is 1. The lowest BCUT2D eigenvalue weighted by Crippen LogP contribution is -2.40. The molecule has 5 nitrogen and oxygen atoms in total. The highest BCUT2D eigenvalue weighted by atomic mass is 16.5. The van der Waals surface area contributed by atoms with Gasteiger partial charge in [-0.05, 0) is 38.0 Å². The number of ether oxygens (including phenoxy) is 1. The zero-order valence-electron chi connectivity index (χ0n) is 13.8. The van der Waals surface area contributed by atoms with E-state index in [0.29, 0.717) is 24.1 Å². The number of esters is 1. The zero-order chi connectivity index (χ0) is 17.3. The van der Waals surface area contributed by atoms with Crippen molar-refractivity contribution < 1.29 is 19.4 Å². The molecule has 0 spiro atoms. The molecule has 0 bridgehead atoms. The number of carbonyl (C=O) groups excluding carboxylic acids is 2. The van der Waals surface area contributed by atoms with Crippen molar-refractivity contribution in [2.24, 2.45) is 5.92 Å². The molecule has 0 saturated heterocycles. The fourth-order valence-electron chi connectivity index (χ4n) is 3.57. The first-order valence-corrected chi connectivity index (χ1v) is 8.19. The monoisotopic (exact) mass is 327 g/mol. The SMILES string of the molecule is CCOC(=O)C1=C(C)NC2=CCCC(=O)C2C1c1cccc(O)c1. The van der Waals surface area contributed by atoms with Crippen LogP contribution in [0, 0.1) is 5.92 Å². The predicted octanol–water partition coefficient (Wildman–Crippen LogP) is 2.78. The number of benzene rings is 1. The van der Waals surface area contributed by atoms with Crippen LogP contribution in [0.3, 0.4) is 0 Å². The van der Waals surface area contributed by atoms with E-state index in [1.165, 1.54) is 0 Å². The van der Waals surface area contributed by atoms with Crippen molar-refractivity contribution in [2.75, 3.05) is 6.61 Å². The molecule has 0 amide bonds. The number of Topliss-reactive ketones (excluding diaryl/α,β-unsaturated/α-hetero) is 1. The second kappa shape index (κ2) is 6.51. The van der Waals surface area contributed by atoms with Gasteiger partial charge in [-0.15, -0.1) is 0 Å². The Balaban J connectivity index is 2.17. The van der Waals surface area contributed by atoms with Gasteiger partial charge in [0.2, 0.25) is 0 Å². The molecule has 24 heavy (non-hydrogen) atoms. The summed E-state index contributed by atoms with van der Waals surface area (Å²) >= 11 is 0. The molecule has 1 heterocycles. The van der Waals surface area contributed by atoms with Crippen LogP contribution in [0.15, 0.2) is 47.3 Å². The number of carbonyl (C=O) groups is 2. The van der Waals surface area contributed by atoms with Gasteiger partial charge in [0.25, 0.3) is 0 Å². The van der Waals surface area contributed by atoms with Gasteiger partial charge < -0.3 is 15.2 Å². The summed E-state index contributed by atoms with van der Waals surface area (Å²) in [5.41, 5.74) is 2.73. The van der Waals surface area contributed by atoms with E-state index in [2.05, 4.69) is 5.32 Å². The number of ketones is 1. The van der Waals surface area contributed by atoms with Gasteiger partial charge in [-0.2, -0.15) is 0 Å². The molecule has 2 atom stereocenters. The summed E-state index contributed by atoms with van der Waals surface area (Å²) in [6.07, 6.45) is 3.18. The summed E-state index contributed by atoms with van der Waals surface area (Å²) in [6.45, 7) is 3.84. The van der Waals surface area contributed by atoms with Gasteiger partial charge in [0.15, 0.2) is 0 Å². The Labute approximate surface area is 141 Å². The average molecular weight is 327 g/mol. The van der Waals surface area contributed by atoms with Gasteiger partial charge >= 0.3 is 5.97 Å². The van der Waals surface area contributed by atoms with E-state index in [1.807, 2.05) is 19.1 Å². The van der Waals surface area contributed by atoms with Crippen LogP contribution in [-0.4, -0.2) is 23.5 Å².